The quantitative estimate of drug-likeness (QED) is 0.461. The number of nitrogens with one attached hydrogen (secondary N) is 2. The number of aromatic nitrogens is 1. The van der Waals surface area contributed by atoms with E-state index in [0.29, 0.717) is 25.5 Å². The number of halogens is 4. The van der Waals surface area contributed by atoms with Crippen LogP contribution in [0.4, 0.5) is 17.6 Å². The number of thiazole rings is 1. The summed E-state index contributed by atoms with van der Waals surface area (Å²) in [5.74, 6) is 0.185. The van der Waals surface area contributed by atoms with Crippen LogP contribution in [0.3, 0.4) is 0 Å². The molecule has 0 unspecified atom stereocenters. The molecule has 0 radical (unpaired) electrons. The van der Waals surface area contributed by atoms with E-state index in [4.69, 9.17) is 0 Å². The third kappa shape index (κ3) is 6.33. The summed E-state index contributed by atoms with van der Waals surface area (Å²) in [7, 11) is 0. The van der Waals surface area contributed by atoms with Gasteiger partial charge in [0.1, 0.15) is 10.8 Å². The molecule has 2 rings (SSSR count). The zero-order valence-electron chi connectivity index (χ0n) is 13.5. The molecule has 1 aromatic carbocycles. The van der Waals surface area contributed by atoms with Gasteiger partial charge in [-0.25, -0.2) is 14.4 Å². The summed E-state index contributed by atoms with van der Waals surface area (Å²) in [5.41, 5.74) is -0.0511. The van der Waals surface area contributed by atoms with Gasteiger partial charge in [0.25, 0.3) is 0 Å². The zero-order valence-corrected chi connectivity index (χ0v) is 14.3. The van der Waals surface area contributed by atoms with E-state index in [-0.39, 0.29) is 17.4 Å². The highest BCUT2D eigenvalue weighted by Gasteiger charge is 2.33. The maximum absolute atomic E-state index is 13.1. The second-order valence-electron chi connectivity index (χ2n) is 5.13. The predicted molar refractivity (Wildman–Crippen MR) is 90.0 cm³/mol. The van der Waals surface area contributed by atoms with E-state index in [0.717, 1.165) is 22.3 Å². The second-order valence-corrected chi connectivity index (χ2v) is 6.07. The standard InChI is InChI=1S/C16H18F4N4S/c1-2-21-15(22-7-6-11-4-3-5-12(17)8-11)23-9-14-24-13(10-25-14)16(18,19)20/h3-5,8,10H,2,6-7,9H2,1H3,(H2,21,22,23). The van der Waals surface area contributed by atoms with Crippen LogP contribution in [0.2, 0.25) is 0 Å². The molecule has 25 heavy (non-hydrogen) atoms. The van der Waals surface area contributed by atoms with E-state index >= 15 is 0 Å². The molecule has 0 saturated carbocycles. The summed E-state index contributed by atoms with van der Waals surface area (Å²) in [6.07, 6.45) is -3.84. The molecule has 0 spiro atoms. The molecule has 2 N–H and O–H groups in total. The normalized spacial score (nSPS) is 12.3. The molecule has 0 aliphatic carbocycles. The minimum atomic E-state index is -4.44. The molecule has 1 aromatic heterocycles. The number of hydrogen-bond acceptors (Lipinski definition) is 3. The van der Waals surface area contributed by atoms with Gasteiger partial charge < -0.3 is 10.6 Å². The van der Waals surface area contributed by atoms with Crippen LogP contribution >= 0.6 is 11.3 Å². The minimum absolute atomic E-state index is 0.0516. The number of nitrogens with zero attached hydrogens (tertiary/aromatic N) is 2. The highest BCUT2D eigenvalue weighted by Crippen LogP contribution is 2.30. The fourth-order valence-electron chi connectivity index (χ4n) is 2.02. The Kier molecular flexibility index (Phi) is 6.74. The van der Waals surface area contributed by atoms with Crippen molar-refractivity contribution >= 4 is 17.3 Å². The summed E-state index contributed by atoms with van der Waals surface area (Å²) in [5, 5.41) is 7.34. The number of aliphatic imine (C=N–C) groups is 1. The summed E-state index contributed by atoms with van der Waals surface area (Å²) in [4.78, 5) is 7.77. The molecule has 0 bridgehead atoms. The van der Waals surface area contributed by atoms with Crippen LogP contribution in [-0.4, -0.2) is 24.0 Å². The zero-order chi connectivity index (χ0) is 18.3. The molecule has 0 saturated heterocycles. The largest absolute Gasteiger partial charge is 0.434 e. The molecule has 0 atom stereocenters. The second kappa shape index (κ2) is 8.80. The van der Waals surface area contributed by atoms with Crippen molar-refractivity contribution in [1.29, 1.82) is 0 Å². The van der Waals surface area contributed by atoms with E-state index in [9.17, 15) is 17.6 Å². The van der Waals surface area contributed by atoms with Gasteiger partial charge in [-0.3, -0.25) is 0 Å². The Morgan fingerprint density at radius 2 is 2.08 bits per heavy atom. The van der Waals surface area contributed by atoms with Crippen LogP contribution in [0.15, 0.2) is 34.6 Å². The van der Waals surface area contributed by atoms with Crippen molar-refractivity contribution in [3.05, 3.63) is 51.7 Å². The van der Waals surface area contributed by atoms with E-state index in [1.165, 1.54) is 12.1 Å². The Balaban J connectivity index is 1.90. The highest BCUT2D eigenvalue weighted by atomic mass is 32.1. The van der Waals surface area contributed by atoms with Crippen LogP contribution in [0, 0.1) is 5.82 Å². The number of hydrogen-bond donors (Lipinski definition) is 2. The Morgan fingerprint density at radius 3 is 2.72 bits per heavy atom. The van der Waals surface area contributed by atoms with Crippen molar-refractivity contribution < 1.29 is 17.6 Å². The third-order valence-corrected chi connectivity index (χ3v) is 3.99. The Labute approximate surface area is 147 Å². The smallest absolute Gasteiger partial charge is 0.357 e. The monoisotopic (exact) mass is 374 g/mol. The van der Waals surface area contributed by atoms with Gasteiger partial charge >= 0.3 is 6.18 Å². The lowest BCUT2D eigenvalue weighted by atomic mass is 10.1. The lowest BCUT2D eigenvalue weighted by molar-refractivity contribution is -0.140. The number of alkyl halides is 3. The summed E-state index contributed by atoms with van der Waals surface area (Å²) >= 11 is 0.923. The molecule has 0 amide bonds. The van der Waals surface area contributed by atoms with Gasteiger partial charge in [-0.2, -0.15) is 13.2 Å². The van der Waals surface area contributed by atoms with Gasteiger partial charge in [0.15, 0.2) is 11.7 Å². The molecule has 4 nitrogen and oxygen atoms in total. The van der Waals surface area contributed by atoms with Gasteiger partial charge in [-0.1, -0.05) is 12.1 Å². The number of benzene rings is 1. The van der Waals surface area contributed by atoms with Crippen molar-refractivity contribution in [2.45, 2.75) is 26.1 Å². The van der Waals surface area contributed by atoms with Gasteiger partial charge in [-0.05, 0) is 31.0 Å². The first-order chi connectivity index (χ1) is 11.9. The Morgan fingerprint density at radius 1 is 1.28 bits per heavy atom. The molecular formula is C16H18F4N4S. The maximum atomic E-state index is 13.1. The average Bonchev–Trinajstić information content (AvgIpc) is 3.02. The fourth-order valence-corrected chi connectivity index (χ4v) is 2.74. The van der Waals surface area contributed by atoms with Crippen LogP contribution < -0.4 is 10.6 Å². The molecule has 0 aliphatic rings. The molecule has 0 fully saturated rings. The summed E-state index contributed by atoms with van der Waals surface area (Å²) in [6.45, 7) is 3.06. The molecule has 1 heterocycles. The topological polar surface area (TPSA) is 49.3 Å². The van der Waals surface area contributed by atoms with Crippen LogP contribution in [0.1, 0.15) is 23.2 Å². The Hall–Kier alpha value is -2.16. The van der Waals surface area contributed by atoms with E-state index < -0.39 is 11.9 Å². The van der Waals surface area contributed by atoms with E-state index in [1.54, 1.807) is 6.07 Å². The lowest BCUT2D eigenvalue weighted by Gasteiger charge is -2.11. The molecular weight excluding hydrogens is 356 g/mol. The first-order valence-electron chi connectivity index (χ1n) is 7.66. The molecule has 9 heteroatoms. The van der Waals surface area contributed by atoms with Crippen molar-refractivity contribution in [2.75, 3.05) is 13.1 Å². The predicted octanol–water partition coefficient (Wildman–Crippen LogP) is 3.60. The van der Waals surface area contributed by atoms with E-state index in [1.807, 2.05) is 13.0 Å². The number of rotatable bonds is 6. The van der Waals surface area contributed by atoms with Gasteiger partial charge in [0, 0.05) is 18.5 Å². The SMILES string of the molecule is CCNC(=NCc1nc(C(F)(F)F)cs1)NCCc1cccc(F)c1. The molecule has 2 aromatic rings. The Bertz CT molecular complexity index is 712. The fraction of sp³-hybridized carbons (Fsp3) is 0.375. The van der Waals surface area contributed by atoms with Crippen molar-refractivity contribution in [3.8, 4) is 0 Å². The summed E-state index contributed by atoms with van der Waals surface area (Å²) < 4.78 is 50.7. The third-order valence-electron chi connectivity index (χ3n) is 3.15. The van der Waals surface area contributed by atoms with Crippen LogP contribution in [0.25, 0.3) is 0 Å². The van der Waals surface area contributed by atoms with E-state index in [2.05, 4.69) is 20.6 Å². The van der Waals surface area contributed by atoms with Crippen molar-refractivity contribution in [1.82, 2.24) is 15.6 Å². The number of guanidine groups is 1. The van der Waals surface area contributed by atoms with Crippen LogP contribution in [-0.2, 0) is 19.1 Å². The van der Waals surface area contributed by atoms with Crippen LogP contribution in [0.5, 0.6) is 0 Å². The van der Waals surface area contributed by atoms with Gasteiger partial charge in [-0.15, -0.1) is 11.3 Å². The molecule has 136 valence electrons. The van der Waals surface area contributed by atoms with Gasteiger partial charge in [0.05, 0.1) is 6.54 Å². The first kappa shape index (κ1) is 19.2. The maximum Gasteiger partial charge on any atom is 0.434 e. The van der Waals surface area contributed by atoms with Gasteiger partial charge in [0.2, 0.25) is 0 Å². The highest BCUT2D eigenvalue weighted by molar-refractivity contribution is 7.09. The van der Waals surface area contributed by atoms with Crippen molar-refractivity contribution in [2.24, 2.45) is 4.99 Å². The first-order valence-corrected chi connectivity index (χ1v) is 8.54. The summed E-state index contributed by atoms with van der Waals surface area (Å²) in [6, 6.07) is 6.30. The average molecular weight is 374 g/mol. The molecule has 0 aliphatic heterocycles. The lowest BCUT2D eigenvalue weighted by Crippen LogP contribution is -2.38. The minimum Gasteiger partial charge on any atom is -0.357 e. The van der Waals surface area contributed by atoms with Crippen molar-refractivity contribution in [3.63, 3.8) is 0 Å².